The summed E-state index contributed by atoms with van der Waals surface area (Å²) in [5.41, 5.74) is 1.55. The van der Waals surface area contributed by atoms with Crippen molar-refractivity contribution in [3.63, 3.8) is 0 Å². The molecule has 1 heterocycles. The average molecular weight is 454 g/mol. The molecule has 178 valence electrons. The van der Waals surface area contributed by atoms with Crippen LogP contribution in [-0.4, -0.2) is 51.6 Å². The summed E-state index contributed by atoms with van der Waals surface area (Å²) in [6.45, 7) is 9.68. The van der Waals surface area contributed by atoms with Crippen LogP contribution in [0, 0.1) is 18.8 Å². The van der Waals surface area contributed by atoms with Crippen LogP contribution in [-0.2, 0) is 25.7 Å². The van der Waals surface area contributed by atoms with Gasteiger partial charge in [-0.1, -0.05) is 36.4 Å². The molecule has 1 fully saturated rings. The van der Waals surface area contributed by atoms with Crippen LogP contribution in [0.3, 0.4) is 0 Å². The second kappa shape index (κ2) is 9.89. The average Bonchev–Trinajstić information content (AvgIpc) is 3.00. The Bertz CT molecular complexity index is 937. The summed E-state index contributed by atoms with van der Waals surface area (Å²) in [5, 5.41) is 2.94. The first-order chi connectivity index (χ1) is 15.5. The van der Waals surface area contributed by atoms with Crippen molar-refractivity contribution in [1.29, 1.82) is 0 Å². The standard InChI is InChI=1S/C26H35N3O4/c1-17-10-6-7-11-19(17)16-29(18(2)23(31)27-26(3,4)5)22(30)14-15-28-24(32)20-12-8-9-13-21(20)25(28)33/h6-11,18,20-21H,12-16H2,1-5H3,(H,27,31)/t18-,20-,21+/m1/s1. The minimum atomic E-state index is -0.701. The fraction of sp³-hybridized carbons (Fsp3) is 0.538. The lowest BCUT2D eigenvalue weighted by Crippen LogP contribution is -2.52. The van der Waals surface area contributed by atoms with Crippen LogP contribution in [0.1, 0.15) is 58.1 Å². The number of nitrogens with zero attached hydrogens (tertiary/aromatic N) is 2. The van der Waals surface area contributed by atoms with Gasteiger partial charge in [0.15, 0.2) is 0 Å². The van der Waals surface area contributed by atoms with Crippen molar-refractivity contribution in [2.45, 2.75) is 72.0 Å². The number of aryl methyl sites for hydroxylation is 1. The molecule has 3 atom stereocenters. The number of fused-ring (bicyclic) bond motifs is 1. The van der Waals surface area contributed by atoms with Crippen molar-refractivity contribution in [1.82, 2.24) is 15.1 Å². The highest BCUT2D eigenvalue weighted by Crippen LogP contribution is 2.35. The highest BCUT2D eigenvalue weighted by atomic mass is 16.2. The van der Waals surface area contributed by atoms with Crippen molar-refractivity contribution < 1.29 is 19.2 Å². The summed E-state index contributed by atoms with van der Waals surface area (Å²) in [6.07, 6.45) is 5.02. The molecule has 0 unspecified atom stereocenters. The number of hydrogen-bond donors (Lipinski definition) is 1. The molecular weight excluding hydrogens is 418 g/mol. The van der Waals surface area contributed by atoms with Crippen LogP contribution < -0.4 is 5.32 Å². The molecule has 3 rings (SSSR count). The Kier molecular flexibility index (Phi) is 7.40. The van der Waals surface area contributed by atoms with E-state index in [4.69, 9.17) is 0 Å². The van der Waals surface area contributed by atoms with Crippen molar-refractivity contribution in [2.75, 3.05) is 6.54 Å². The van der Waals surface area contributed by atoms with Gasteiger partial charge in [-0.25, -0.2) is 0 Å². The van der Waals surface area contributed by atoms with Gasteiger partial charge in [0.05, 0.1) is 11.8 Å². The van der Waals surface area contributed by atoms with Gasteiger partial charge in [0.2, 0.25) is 23.6 Å². The van der Waals surface area contributed by atoms with E-state index in [2.05, 4.69) is 5.32 Å². The van der Waals surface area contributed by atoms with Crippen LogP contribution in [0.2, 0.25) is 0 Å². The van der Waals surface area contributed by atoms with E-state index in [-0.39, 0.29) is 55.0 Å². The summed E-state index contributed by atoms with van der Waals surface area (Å²) in [5.74, 6) is -1.50. The second-order valence-corrected chi connectivity index (χ2v) is 10.1. The number of hydrogen-bond acceptors (Lipinski definition) is 4. The monoisotopic (exact) mass is 453 g/mol. The summed E-state index contributed by atoms with van der Waals surface area (Å²) < 4.78 is 0. The number of imide groups is 1. The number of nitrogens with one attached hydrogen (secondary N) is 1. The van der Waals surface area contributed by atoms with Gasteiger partial charge in [-0.2, -0.15) is 0 Å². The molecule has 1 aliphatic carbocycles. The Hall–Kier alpha value is -2.96. The maximum atomic E-state index is 13.3. The second-order valence-electron chi connectivity index (χ2n) is 10.1. The highest BCUT2D eigenvalue weighted by molar-refractivity contribution is 6.05. The van der Waals surface area contributed by atoms with Gasteiger partial charge >= 0.3 is 0 Å². The molecule has 7 heteroatoms. The van der Waals surface area contributed by atoms with Gasteiger partial charge in [-0.3, -0.25) is 24.1 Å². The maximum absolute atomic E-state index is 13.3. The predicted molar refractivity (Wildman–Crippen MR) is 126 cm³/mol. The minimum Gasteiger partial charge on any atom is -0.350 e. The molecule has 1 aromatic carbocycles. The van der Waals surface area contributed by atoms with E-state index in [0.29, 0.717) is 12.8 Å². The fourth-order valence-corrected chi connectivity index (χ4v) is 4.47. The number of amides is 4. The third-order valence-electron chi connectivity index (χ3n) is 6.42. The number of rotatable bonds is 7. The molecule has 1 aromatic rings. The minimum absolute atomic E-state index is 0.0105. The largest absolute Gasteiger partial charge is 0.350 e. The molecule has 1 N–H and O–H groups in total. The van der Waals surface area contributed by atoms with Crippen LogP contribution in [0.15, 0.2) is 36.4 Å². The van der Waals surface area contributed by atoms with Crippen molar-refractivity contribution >= 4 is 23.6 Å². The Morgan fingerprint density at radius 3 is 2.21 bits per heavy atom. The van der Waals surface area contributed by atoms with Gasteiger partial charge in [0.1, 0.15) is 6.04 Å². The summed E-state index contributed by atoms with van der Waals surface area (Å²) in [6, 6.07) is 7.04. The predicted octanol–water partition coefficient (Wildman–Crippen LogP) is 2.97. The Morgan fingerprint density at radius 2 is 1.67 bits per heavy atom. The van der Waals surface area contributed by atoms with Crippen LogP contribution in [0.25, 0.3) is 0 Å². The molecule has 0 spiro atoms. The van der Waals surface area contributed by atoms with E-state index in [0.717, 1.165) is 11.1 Å². The van der Waals surface area contributed by atoms with Crippen molar-refractivity contribution in [3.05, 3.63) is 47.5 Å². The SMILES string of the molecule is Cc1ccccc1CN(C(=O)CCN1C(=O)[C@H]2CC=CC[C@H]2C1=O)[C@H](C)C(=O)NC(C)(C)C. The number of benzene rings is 1. The Morgan fingerprint density at radius 1 is 1.09 bits per heavy atom. The Balaban J connectivity index is 1.74. The highest BCUT2D eigenvalue weighted by Gasteiger charge is 2.47. The zero-order valence-electron chi connectivity index (χ0n) is 20.3. The fourth-order valence-electron chi connectivity index (χ4n) is 4.47. The van der Waals surface area contributed by atoms with Crippen LogP contribution in [0.5, 0.6) is 0 Å². The lowest BCUT2D eigenvalue weighted by Gasteiger charge is -2.32. The van der Waals surface area contributed by atoms with E-state index in [1.807, 2.05) is 64.1 Å². The molecule has 7 nitrogen and oxygen atoms in total. The zero-order chi connectivity index (χ0) is 24.3. The molecule has 0 bridgehead atoms. The Labute approximate surface area is 196 Å². The van der Waals surface area contributed by atoms with E-state index < -0.39 is 11.6 Å². The summed E-state index contributed by atoms with van der Waals surface area (Å²) >= 11 is 0. The topological polar surface area (TPSA) is 86.8 Å². The van der Waals surface area contributed by atoms with Crippen LogP contribution >= 0.6 is 0 Å². The van der Waals surface area contributed by atoms with Gasteiger partial charge in [-0.05, 0) is 58.6 Å². The number of likely N-dealkylation sites (tertiary alicyclic amines) is 1. The van der Waals surface area contributed by atoms with E-state index in [9.17, 15) is 19.2 Å². The maximum Gasteiger partial charge on any atom is 0.242 e. The normalized spacial score (nSPS) is 21.1. The van der Waals surface area contributed by atoms with Gasteiger partial charge in [0.25, 0.3) is 0 Å². The lowest BCUT2D eigenvalue weighted by atomic mass is 9.85. The van der Waals surface area contributed by atoms with E-state index in [1.165, 1.54) is 4.90 Å². The molecule has 0 aromatic heterocycles. The van der Waals surface area contributed by atoms with Crippen LogP contribution in [0.4, 0.5) is 0 Å². The quantitative estimate of drug-likeness (QED) is 0.508. The van der Waals surface area contributed by atoms with Crippen molar-refractivity contribution in [2.24, 2.45) is 11.8 Å². The molecule has 4 amide bonds. The molecule has 2 aliphatic rings. The first kappa shape index (κ1) is 24.7. The van der Waals surface area contributed by atoms with Gasteiger partial charge < -0.3 is 10.2 Å². The molecular formula is C26H35N3O4. The molecule has 0 saturated carbocycles. The first-order valence-corrected chi connectivity index (χ1v) is 11.7. The summed E-state index contributed by atoms with van der Waals surface area (Å²) in [4.78, 5) is 54.5. The third kappa shape index (κ3) is 5.70. The third-order valence-corrected chi connectivity index (χ3v) is 6.42. The first-order valence-electron chi connectivity index (χ1n) is 11.7. The number of carbonyl (C=O) groups is 4. The number of allylic oxidation sites excluding steroid dienone is 2. The lowest BCUT2D eigenvalue weighted by molar-refractivity contribution is -0.144. The molecule has 0 radical (unpaired) electrons. The van der Waals surface area contributed by atoms with E-state index >= 15 is 0 Å². The van der Waals surface area contributed by atoms with Gasteiger partial charge in [-0.15, -0.1) is 0 Å². The smallest absolute Gasteiger partial charge is 0.242 e. The number of carbonyl (C=O) groups excluding carboxylic acids is 4. The molecule has 1 saturated heterocycles. The van der Waals surface area contributed by atoms with Crippen molar-refractivity contribution in [3.8, 4) is 0 Å². The molecule has 33 heavy (non-hydrogen) atoms. The summed E-state index contributed by atoms with van der Waals surface area (Å²) in [7, 11) is 0. The molecule has 1 aliphatic heterocycles. The van der Waals surface area contributed by atoms with E-state index in [1.54, 1.807) is 11.8 Å². The van der Waals surface area contributed by atoms with Gasteiger partial charge in [0, 0.05) is 25.0 Å². The zero-order valence-corrected chi connectivity index (χ0v) is 20.3.